The van der Waals surface area contributed by atoms with Gasteiger partial charge in [-0.3, -0.25) is 0 Å². The van der Waals surface area contributed by atoms with Crippen LogP contribution in [0, 0.1) is 20.8 Å². The van der Waals surface area contributed by atoms with E-state index in [1.807, 2.05) is 51.1 Å². The van der Waals surface area contributed by atoms with Crippen LogP contribution in [0.15, 0.2) is 30.3 Å². The van der Waals surface area contributed by atoms with Crippen LogP contribution >= 0.6 is 0 Å². The molecule has 25 heavy (non-hydrogen) atoms. The number of hydrogen-bond acceptors (Lipinski definition) is 5. The number of fused-ring (bicyclic) bond motifs is 1. The second-order valence-corrected chi connectivity index (χ2v) is 5.90. The Morgan fingerprint density at radius 1 is 1.16 bits per heavy atom. The van der Waals surface area contributed by atoms with Crippen molar-refractivity contribution in [3.63, 3.8) is 0 Å². The van der Waals surface area contributed by atoms with Crippen LogP contribution in [0.1, 0.15) is 23.7 Å². The molecule has 130 valence electrons. The molecule has 0 saturated carbocycles. The lowest BCUT2D eigenvalue weighted by Crippen LogP contribution is -2.15. The number of pyridine rings is 1. The summed E-state index contributed by atoms with van der Waals surface area (Å²) >= 11 is 0. The summed E-state index contributed by atoms with van der Waals surface area (Å²) in [6, 6.07) is 9.89. The highest BCUT2D eigenvalue weighted by Crippen LogP contribution is 2.26. The van der Waals surface area contributed by atoms with E-state index in [0.29, 0.717) is 18.1 Å². The first kappa shape index (κ1) is 17.0. The molecule has 6 nitrogen and oxygen atoms in total. The van der Waals surface area contributed by atoms with Crippen molar-refractivity contribution in [3.8, 4) is 11.6 Å². The molecule has 0 aliphatic heterocycles. The van der Waals surface area contributed by atoms with Crippen molar-refractivity contribution < 1.29 is 14.3 Å². The smallest absolute Gasteiger partial charge is 0.344 e. The molecule has 0 radical (unpaired) electrons. The minimum Gasteiger partial charge on any atom is -0.466 e. The van der Waals surface area contributed by atoms with Crippen LogP contribution in [0.5, 0.6) is 5.88 Å². The number of nitrogens with zero attached hydrogens (tertiary/aromatic N) is 3. The van der Waals surface area contributed by atoms with Gasteiger partial charge in [0.1, 0.15) is 0 Å². The molecule has 3 aromatic rings. The fourth-order valence-corrected chi connectivity index (χ4v) is 2.75. The van der Waals surface area contributed by atoms with E-state index < -0.39 is 5.97 Å². The van der Waals surface area contributed by atoms with E-state index in [1.54, 1.807) is 11.6 Å². The predicted octanol–water partition coefficient (Wildman–Crippen LogP) is 3.29. The van der Waals surface area contributed by atoms with Gasteiger partial charge in [-0.25, -0.2) is 9.48 Å². The van der Waals surface area contributed by atoms with Crippen molar-refractivity contribution in [2.75, 3.05) is 13.2 Å². The van der Waals surface area contributed by atoms with Crippen molar-refractivity contribution in [1.82, 2.24) is 14.8 Å². The Hall–Kier alpha value is -2.89. The summed E-state index contributed by atoms with van der Waals surface area (Å²) in [5.41, 5.74) is 4.72. The second kappa shape index (κ2) is 6.93. The highest BCUT2D eigenvalue weighted by molar-refractivity contribution is 5.84. The van der Waals surface area contributed by atoms with Crippen LogP contribution in [-0.2, 0) is 9.53 Å². The Kier molecular flexibility index (Phi) is 4.70. The van der Waals surface area contributed by atoms with Gasteiger partial charge in [-0.2, -0.15) is 10.1 Å². The maximum atomic E-state index is 11.5. The Labute approximate surface area is 146 Å². The zero-order valence-electron chi connectivity index (χ0n) is 14.9. The molecule has 0 saturated heterocycles. The van der Waals surface area contributed by atoms with Crippen LogP contribution in [0.25, 0.3) is 16.7 Å². The summed E-state index contributed by atoms with van der Waals surface area (Å²) in [5.74, 6) is -0.0309. The summed E-state index contributed by atoms with van der Waals surface area (Å²) in [6.07, 6.45) is 0. The quantitative estimate of drug-likeness (QED) is 0.667. The highest BCUT2D eigenvalue weighted by atomic mass is 16.6. The summed E-state index contributed by atoms with van der Waals surface area (Å²) in [5, 5.41) is 5.61. The maximum absolute atomic E-state index is 11.5. The molecule has 2 heterocycles. The number of rotatable bonds is 5. The lowest BCUT2D eigenvalue weighted by atomic mass is 10.1. The number of hydrogen-bond donors (Lipinski definition) is 0. The average Bonchev–Trinajstić information content (AvgIpc) is 2.91. The van der Waals surface area contributed by atoms with E-state index in [-0.39, 0.29) is 6.61 Å². The molecule has 2 aromatic heterocycles. The van der Waals surface area contributed by atoms with Crippen molar-refractivity contribution in [2.24, 2.45) is 0 Å². The molecule has 0 fully saturated rings. The SMILES string of the molecule is CCOC(=O)COc1cc(C)c2c(C)nn(-c3ccc(C)cc3)c2n1. The van der Waals surface area contributed by atoms with Crippen molar-refractivity contribution >= 4 is 17.0 Å². The molecule has 6 heteroatoms. The number of benzene rings is 1. The van der Waals surface area contributed by atoms with Crippen LogP contribution in [0.2, 0.25) is 0 Å². The zero-order valence-corrected chi connectivity index (χ0v) is 14.9. The number of aromatic nitrogens is 3. The summed E-state index contributed by atoms with van der Waals surface area (Å²) < 4.78 is 12.2. The molecule has 0 unspecified atom stereocenters. The number of ether oxygens (including phenoxy) is 2. The molecule has 0 aliphatic carbocycles. The Balaban J connectivity index is 2.01. The van der Waals surface area contributed by atoms with E-state index >= 15 is 0 Å². The van der Waals surface area contributed by atoms with Gasteiger partial charge in [0.15, 0.2) is 12.3 Å². The number of esters is 1. The van der Waals surface area contributed by atoms with Crippen molar-refractivity contribution in [1.29, 1.82) is 0 Å². The third-order valence-corrected chi connectivity index (χ3v) is 3.91. The van der Waals surface area contributed by atoms with Gasteiger partial charge in [0.2, 0.25) is 5.88 Å². The molecule has 3 rings (SSSR count). The lowest BCUT2D eigenvalue weighted by molar-refractivity contribution is -0.145. The molecule has 0 bridgehead atoms. The van der Waals surface area contributed by atoms with Gasteiger partial charge in [-0.05, 0) is 45.4 Å². The third-order valence-electron chi connectivity index (χ3n) is 3.91. The van der Waals surface area contributed by atoms with E-state index in [9.17, 15) is 4.79 Å². The monoisotopic (exact) mass is 339 g/mol. The van der Waals surface area contributed by atoms with E-state index in [4.69, 9.17) is 9.47 Å². The summed E-state index contributed by atoms with van der Waals surface area (Å²) in [7, 11) is 0. The number of carbonyl (C=O) groups excluding carboxylic acids is 1. The van der Waals surface area contributed by atoms with Gasteiger partial charge in [-0.1, -0.05) is 17.7 Å². The van der Waals surface area contributed by atoms with Crippen LogP contribution in [0.3, 0.4) is 0 Å². The third kappa shape index (κ3) is 3.47. The fourth-order valence-electron chi connectivity index (χ4n) is 2.75. The van der Waals surface area contributed by atoms with Crippen LogP contribution < -0.4 is 4.74 Å². The largest absolute Gasteiger partial charge is 0.466 e. The highest BCUT2D eigenvalue weighted by Gasteiger charge is 2.15. The minimum absolute atomic E-state index is 0.163. The van der Waals surface area contributed by atoms with E-state index in [0.717, 1.165) is 22.3 Å². The van der Waals surface area contributed by atoms with Crippen molar-refractivity contribution in [3.05, 3.63) is 47.2 Å². The van der Waals surface area contributed by atoms with E-state index in [2.05, 4.69) is 10.1 Å². The Morgan fingerprint density at radius 3 is 2.56 bits per heavy atom. The topological polar surface area (TPSA) is 66.2 Å². The first-order valence-corrected chi connectivity index (χ1v) is 8.22. The van der Waals surface area contributed by atoms with Gasteiger partial charge >= 0.3 is 5.97 Å². The average molecular weight is 339 g/mol. The molecular formula is C19H21N3O3. The standard InChI is InChI=1S/C19H21N3O3/c1-5-24-17(23)11-25-16-10-13(3)18-14(4)21-22(19(18)20-16)15-8-6-12(2)7-9-15/h6-10H,5,11H2,1-4H3. The number of carbonyl (C=O) groups is 1. The predicted molar refractivity (Wildman–Crippen MR) is 95.2 cm³/mol. The fraction of sp³-hybridized carbons (Fsp3) is 0.316. The Bertz CT molecular complexity index is 914. The summed E-state index contributed by atoms with van der Waals surface area (Å²) in [6.45, 7) is 7.90. The molecule has 1 aromatic carbocycles. The second-order valence-electron chi connectivity index (χ2n) is 5.90. The lowest BCUT2D eigenvalue weighted by Gasteiger charge is -2.08. The first-order valence-electron chi connectivity index (χ1n) is 8.22. The zero-order chi connectivity index (χ0) is 18.0. The van der Waals surface area contributed by atoms with Gasteiger partial charge in [0, 0.05) is 11.5 Å². The van der Waals surface area contributed by atoms with Gasteiger partial charge < -0.3 is 9.47 Å². The van der Waals surface area contributed by atoms with Gasteiger partial charge in [-0.15, -0.1) is 0 Å². The molecule has 0 spiro atoms. The molecule has 0 amide bonds. The first-order chi connectivity index (χ1) is 12.0. The molecular weight excluding hydrogens is 318 g/mol. The van der Waals surface area contributed by atoms with Gasteiger partial charge in [0.25, 0.3) is 0 Å². The normalized spacial score (nSPS) is 10.9. The van der Waals surface area contributed by atoms with E-state index in [1.165, 1.54) is 5.56 Å². The number of aryl methyl sites for hydroxylation is 3. The van der Waals surface area contributed by atoms with Gasteiger partial charge in [0.05, 0.1) is 18.0 Å². The van der Waals surface area contributed by atoms with Crippen molar-refractivity contribution in [2.45, 2.75) is 27.7 Å². The molecule has 0 N–H and O–H groups in total. The Morgan fingerprint density at radius 2 is 1.88 bits per heavy atom. The molecule has 0 aliphatic rings. The van der Waals surface area contributed by atoms with Crippen LogP contribution in [0.4, 0.5) is 0 Å². The maximum Gasteiger partial charge on any atom is 0.344 e. The summed E-state index contributed by atoms with van der Waals surface area (Å²) in [4.78, 5) is 16.1. The minimum atomic E-state index is -0.412. The molecule has 0 atom stereocenters. The van der Waals surface area contributed by atoms with Crippen LogP contribution in [-0.4, -0.2) is 33.9 Å².